The van der Waals surface area contributed by atoms with Crippen molar-refractivity contribution in [2.45, 2.75) is 25.7 Å². The largest absolute Gasteiger partial charge is 0.573 e. The van der Waals surface area contributed by atoms with E-state index in [0.717, 1.165) is 18.7 Å². The van der Waals surface area contributed by atoms with E-state index in [9.17, 15) is 18.0 Å². The molecule has 0 atom stereocenters. The lowest BCUT2D eigenvalue weighted by atomic mass is 9.95. The molecule has 4 nitrogen and oxygen atoms in total. The molecule has 3 rings (SSSR count). The lowest BCUT2D eigenvalue weighted by Crippen LogP contribution is -2.37. The van der Waals surface area contributed by atoms with E-state index in [2.05, 4.69) is 15.0 Å². The van der Waals surface area contributed by atoms with Crippen LogP contribution < -0.4 is 10.1 Å². The topological polar surface area (TPSA) is 41.6 Å². The number of carbonyl (C=O) groups excluding carboxylic acids is 1. The van der Waals surface area contributed by atoms with Crippen LogP contribution in [0.4, 0.5) is 18.9 Å². The van der Waals surface area contributed by atoms with E-state index in [-0.39, 0.29) is 17.6 Å². The first-order valence-electron chi connectivity index (χ1n) is 9.03. The summed E-state index contributed by atoms with van der Waals surface area (Å²) in [6, 6.07) is 10.5. The average Bonchev–Trinajstić information content (AvgIpc) is 2.66. The van der Waals surface area contributed by atoms with E-state index in [0.29, 0.717) is 35.1 Å². The molecule has 1 heterocycles. The third kappa shape index (κ3) is 6.26. The van der Waals surface area contributed by atoms with Gasteiger partial charge in [-0.15, -0.1) is 13.2 Å². The minimum Gasteiger partial charge on any atom is -0.406 e. The van der Waals surface area contributed by atoms with Crippen LogP contribution in [-0.2, 0) is 11.3 Å². The van der Waals surface area contributed by atoms with Crippen LogP contribution in [0.5, 0.6) is 5.75 Å². The number of nitrogens with one attached hydrogen (secondary N) is 1. The Hall–Kier alpha value is -1.96. The normalized spacial score (nSPS) is 15.9. The van der Waals surface area contributed by atoms with Crippen molar-refractivity contribution in [2.24, 2.45) is 5.92 Å². The summed E-state index contributed by atoms with van der Waals surface area (Å²) in [5.41, 5.74) is 1.30. The van der Waals surface area contributed by atoms with Crippen LogP contribution in [-0.4, -0.2) is 30.3 Å². The molecule has 0 aromatic heterocycles. The molecule has 9 heteroatoms. The van der Waals surface area contributed by atoms with Crippen LogP contribution >= 0.6 is 23.2 Å². The number of amides is 1. The maximum Gasteiger partial charge on any atom is 0.573 e. The van der Waals surface area contributed by atoms with Gasteiger partial charge in [-0.05, 0) is 62.3 Å². The predicted octanol–water partition coefficient (Wildman–Crippen LogP) is 5.74. The lowest BCUT2D eigenvalue weighted by Gasteiger charge is -2.31. The summed E-state index contributed by atoms with van der Waals surface area (Å²) < 4.78 is 40.4. The molecule has 0 aliphatic carbocycles. The number of hydrogen-bond acceptors (Lipinski definition) is 3. The van der Waals surface area contributed by atoms with E-state index in [1.54, 1.807) is 18.2 Å². The Kier molecular flexibility index (Phi) is 6.93. The number of carbonyl (C=O) groups is 1. The van der Waals surface area contributed by atoms with Gasteiger partial charge in [0.15, 0.2) is 0 Å². The van der Waals surface area contributed by atoms with Gasteiger partial charge in [-0.3, -0.25) is 9.69 Å². The molecular weight excluding hydrogens is 428 g/mol. The molecule has 29 heavy (non-hydrogen) atoms. The standard InChI is InChI=1S/C20H19Cl2F3N2O2/c21-17-2-1-3-18(22)16(17)12-27-10-8-13(9-11-27)19(28)26-14-4-6-15(7-5-14)29-20(23,24)25/h1-7,13H,8-12H2,(H,26,28). The molecule has 0 unspecified atom stereocenters. The Bertz CT molecular complexity index is 832. The number of likely N-dealkylation sites (tertiary alicyclic amines) is 1. The van der Waals surface area contributed by atoms with Crippen LogP contribution in [0.25, 0.3) is 0 Å². The minimum atomic E-state index is -4.74. The number of benzene rings is 2. The fourth-order valence-corrected chi connectivity index (χ4v) is 3.76. The summed E-state index contributed by atoms with van der Waals surface area (Å²) in [6.07, 6.45) is -3.40. The molecule has 2 aromatic rings. The maximum atomic E-state index is 12.5. The van der Waals surface area contributed by atoms with E-state index in [1.807, 2.05) is 0 Å². The average molecular weight is 447 g/mol. The summed E-state index contributed by atoms with van der Waals surface area (Å²) in [5.74, 6) is -0.647. The van der Waals surface area contributed by atoms with Gasteiger partial charge in [-0.1, -0.05) is 29.3 Å². The van der Waals surface area contributed by atoms with Gasteiger partial charge in [0.05, 0.1) is 0 Å². The van der Waals surface area contributed by atoms with E-state index >= 15 is 0 Å². The molecule has 1 aliphatic heterocycles. The van der Waals surface area contributed by atoms with Gasteiger partial charge in [0.1, 0.15) is 5.75 Å². The number of ether oxygens (including phenoxy) is 1. The molecule has 0 bridgehead atoms. The van der Waals surface area contributed by atoms with Gasteiger partial charge in [0.2, 0.25) is 5.91 Å². The van der Waals surface area contributed by atoms with Crippen LogP contribution in [0.3, 0.4) is 0 Å². The predicted molar refractivity (Wildman–Crippen MR) is 106 cm³/mol. The number of halogens is 5. The fourth-order valence-electron chi connectivity index (χ4n) is 3.24. The number of hydrogen-bond donors (Lipinski definition) is 1. The zero-order valence-corrected chi connectivity index (χ0v) is 16.8. The zero-order valence-electron chi connectivity index (χ0n) is 15.3. The van der Waals surface area contributed by atoms with Gasteiger partial charge in [-0.25, -0.2) is 0 Å². The SMILES string of the molecule is O=C(Nc1ccc(OC(F)(F)F)cc1)C1CCN(Cc2c(Cl)cccc2Cl)CC1. The third-order valence-corrected chi connectivity index (χ3v) is 5.47. The van der Waals surface area contributed by atoms with Gasteiger partial charge in [0.25, 0.3) is 0 Å². The van der Waals surface area contributed by atoms with Crippen LogP contribution in [0.2, 0.25) is 10.0 Å². The summed E-state index contributed by atoms with van der Waals surface area (Å²) in [6.45, 7) is 2.06. The Morgan fingerprint density at radius 3 is 2.21 bits per heavy atom. The summed E-state index contributed by atoms with van der Waals surface area (Å²) >= 11 is 12.4. The van der Waals surface area contributed by atoms with Crippen molar-refractivity contribution in [2.75, 3.05) is 18.4 Å². The second-order valence-electron chi connectivity index (χ2n) is 6.81. The highest BCUT2D eigenvalue weighted by molar-refractivity contribution is 6.35. The van der Waals surface area contributed by atoms with Crippen LogP contribution in [0.1, 0.15) is 18.4 Å². The van der Waals surface area contributed by atoms with E-state index < -0.39 is 6.36 Å². The molecule has 0 radical (unpaired) electrons. The van der Waals surface area contributed by atoms with Crippen molar-refractivity contribution < 1.29 is 22.7 Å². The Balaban J connectivity index is 1.50. The molecule has 2 aromatic carbocycles. The van der Waals surface area contributed by atoms with Gasteiger partial charge >= 0.3 is 6.36 Å². The first-order chi connectivity index (χ1) is 13.7. The Morgan fingerprint density at radius 2 is 1.66 bits per heavy atom. The highest BCUT2D eigenvalue weighted by Gasteiger charge is 2.31. The van der Waals surface area contributed by atoms with Gasteiger partial charge < -0.3 is 10.1 Å². The fraction of sp³-hybridized carbons (Fsp3) is 0.350. The smallest absolute Gasteiger partial charge is 0.406 e. The lowest BCUT2D eigenvalue weighted by molar-refractivity contribution is -0.274. The summed E-state index contributed by atoms with van der Waals surface area (Å²) in [5, 5.41) is 3.99. The maximum absolute atomic E-state index is 12.5. The molecule has 0 spiro atoms. The van der Waals surface area contributed by atoms with Crippen molar-refractivity contribution >= 4 is 34.8 Å². The van der Waals surface area contributed by atoms with Gasteiger partial charge in [0, 0.05) is 33.8 Å². The number of anilines is 1. The Labute approximate surface area is 176 Å². The number of piperidine rings is 1. The first-order valence-corrected chi connectivity index (χ1v) is 9.79. The van der Waals surface area contributed by atoms with Crippen molar-refractivity contribution in [3.63, 3.8) is 0 Å². The van der Waals surface area contributed by atoms with Crippen molar-refractivity contribution in [3.05, 3.63) is 58.1 Å². The zero-order chi connectivity index (χ0) is 21.0. The van der Waals surface area contributed by atoms with E-state index in [1.165, 1.54) is 24.3 Å². The second kappa shape index (κ2) is 9.24. The summed E-state index contributed by atoms with van der Waals surface area (Å²) in [7, 11) is 0. The van der Waals surface area contributed by atoms with Crippen molar-refractivity contribution in [1.29, 1.82) is 0 Å². The summed E-state index contributed by atoms with van der Waals surface area (Å²) in [4.78, 5) is 14.7. The molecule has 1 amide bonds. The van der Waals surface area contributed by atoms with Gasteiger partial charge in [-0.2, -0.15) is 0 Å². The molecule has 1 saturated heterocycles. The highest BCUT2D eigenvalue weighted by Crippen LogP contribution is 2.28. The minimum absolute atomic E-state index is 0.148. The number of alkyl halides is 3. The molecule has 156 valence electrons. The molecule has 0 saturated carbocycles. The van der Waals surface area contributed by atoms with Crippen LogP contribution in [0, 0.1) is 5.92 Å². The van der Waals surface area contributed by atoms with Crippen molar-refractivity contribution in [3.8, 4) is 5.75 Å². The van der Waals surface area contributed by atoms with E-state index in [4.69, 9.17) is 23.2 Å². The molecule has 1 N–H and O–H groups in total. The Morgan fingerprint density at radius 1 is 1.07 bits per heavy atom. The molecular formula is C20H19Cl2F3N2O2. The monoisotopic (exact) mass is 446 g/mol. The van der Waals surface area contributed by atoms with Crippen molar-refractivity contribution in [1.82, 2.24) is 4.90 Å². The van der Waals surface area contributed by atoms with Crippen LogP contribution in [0.15, 0.2) is 42.5 Å². The number of nitrogens with zero attached hydrogens (tertiary/aromatic N) is 1. The third-order valence-electron chi connectivity index (χ3n) is 4.76. The molecule has 1 fully saturated rings. The number of rotatable bonds is 5. The quantitative estimate of drug-likeness (QED) is 0.636. The first kappa shape index (κ1) is 21.7. The molecule has 1 aliphatic rings. The second-order valence-corrected chi connectivity index (χ2v) is 7.63. The highest BCUT2D eigenvalue weighted by atomic mass is 35.5.